The Bertz CT molecular complexity index is 1040. The highest BCUT2D eigenvalue weighted by Gasteiger charge is 2.32. The van der Waals surface area contributed by atoms with Gasteiger partial charge >= 0.3 is 11.9 Å². The van der Waals surface area contributed by atoms with Crippen LogP contribution in [0.3, 0.4) is 0 Å². The SMILES string of the molecule is O=C(O)CC1SC(=NN=Cc2ccc(-c3cc(Cl)ccc3C(=O)O)cc2)NC1=O. The average Bonchev–Trinajstić information content (AvgIpc) is 3.00. The minimum absolute atomic E-state index is 0.145. The van der Waals surface area contributed by atoms with Crippen molar-refractivity contribution in [3.63, 3.8) is 0 Å². The van der Waals surface area contributed by atoms with E-state index in [2.05, 4.69) is 15.5 Å². The summed E-state index contributed by atoms with van der Waals surface area (Å²) in [6, 6.07) is 11.5. The zero-order chi connectivity index (χ0) is 21.0. The molecule has 1 atom stereocenters. The number of carboxylic acids is 2. The van der Waals surface area contributed by atoms with Crippen molar-refractivity contribution in [1.82, 2.24) is 5.32 Å². The van der Waals surface area contributed by atoms with Gasteiger partial charge in [0, 0.05) is 5.02 Å². The van der Waals surface area contributed by atoms with E-state index in [-0.39, 0.29) is 17.2 Å². The molecule has 2 aromatic carbocycles. The molecule has 1 saturated heterocycles. The molecule has 3 N–H and O–H groups in total. The van der Waals surface area contributed by atoms with Crippen molar-refractivity contribution < 1.29 is 24.6 Å². The third-order valence-corrected chi connectivity index (χ3v) is 5.23. The number of carbonyl (C=O) groups is 3. The lowest BCUT2D eigenvalue weighted by molar-refractivity contribution is -0.138. The third kappa shape index (κ3) is 5.21. The molecule has 29 heavy (non-hydrogen) atoms. The molecule has 0 spiro atoms. The molecular weight excluding hydrogens is 418 g/mol. The monoisotopic (exact) mass is 431 g/mol. The van der Waals surface area contributed by atoms with Gasteiger partial charge in [-0.2, -0.15) is 5.10 Å². The number of amides is 1. The van der Waals surface area contributed by atoms with Crippen LogP contribution < -0.4 is 5.32 Å². The molecule has 0 saturated carbocycles. The van der Waals surface area contributed by atoms with Gasteiger partial charge in [0.1, 0.15) is 5.25 Å². The van der Waals surface area contributed by atoms with Gasteiger partial charge in [0.15, 0.2) is 5.17 Å². The number of hydrogen-bond acceptors (Lipinski definition) is 6. The van der Waals surface area contributed by atoms with E-state index in [0.717, 1.165) is 11.8 Å². The first-order chi connectivity index (χ1) is 13.8. The highest BCUT2D eigenvalue weighted by Crippen LogP contribution is 2.27. The van der Waals surface area contributed by atoms with Crippen LogP contribution in [-0.2, 0) is 9.59 Å². The fraction of sp³-hybridized carbons (Fsp3) is 0.105. The minimum atomic E-state index is -1.06. The maximum Gasteiger partial charge on any atom is 0.336 e. The largest absolute Gasteiger partial charge is 0.481 e. The van der Waals surface area contributed by atoms with E-state index in [0.29, 0.717) is 21.7 Å². The molecule has 0 radical (unpaired) electrons. The van der Waals surface area contributed by atoms with E-state index in [9.17, 15) is 19.5 Å². The summed E-state index contributed by atoms with van der Waals surface area (Å²) in [6.07, 6.45) is 1.17. The molecule has 2 aromatic rings. The van der Waals surface area contributed by atoms with Crippen molar-refractivity contribution in [2.75, 3.05) is 0 Å². The number of rotatable bonds is 6. The van der Waals surface area contributed by atoms with E-state index in [1.165, 1.54) is 18.3 Å². The number of nitrogens with one attached hydrogen (secondary N) is 1. The predicted octanol–water partition coefficient (Wildman–Crippen LogP) is 3.10. The number of halogens is 1. The van der Waals surface area contributed by atoms with E-state index in [1.807, 2.05) is 0 Å². The number of carboxylic acid groups (broad SMARTS) is 2. The lowest BCUT2D eigenvalue weighted by Crippen LogP contribution is -2.26. The molecular formula is C19H14ClN3O5S. The van der Waals surface area contributed by atoms with Crippen molar-refractivity contribution in [3.8, 4) is 11.1 Å². The van der Waals surface area contributed by atoms with Gasteiger partial charge in [-0.25, -0.2) is 4.79 Å². The smallest absolute Gasteiger partial charge is 0.336 e. The van der Waals surface area contributed by atoms with Gasteiger partial charge in [-0.05, 0) is 34.9 Å². The lowest BCUT2D eigenvalue weighted by atomic mass is 9.99. The summed E-state index contributed by atoms with van der Waals surface area (Å²) in [5.74, 6) is -2.52. The number of hydrogen-bond donors (Lipinski definition) is 3. The molecule has 148 valence electrons. The standard InChI is InChI=1S/C19H14ClN3O5S/c20-12-5-6-13(18(27)28)14(7-12)11-3-1-10(2-4-11)9-21-23-19-22-17(26)15(29-19)8-16(24)25/h1-7,9,15H,8H2,(H,24,25)(H,27,28)(H,22,23,26). The second kappa shape index (κ2) is 8.89. The highest BCUT2D eigenvalue weighted by atomic mass is 35.5. The Morgan fingerprint density at radius 2 is 1.90 bits per heavy atom. The summed E-state index contributed by atoms with van der Waals surface area (Å²) in [5, 5.41) is 28.3. The van der Waals surface area contributed by atoms with Crippen molar-refractivity contribution in [2.24, 2.45) is 10.2 Å². The Morgan fingerprint density at radius 1 is 1.17 bits per heavy atom. The molecule has 1 aliphatic heterocycles. The normalized spacial score (nSPS) is 17.6. The molecule has 10 heteroatoms. The number of benzene rings is 2. The first-order valence-corrected chi connectivity index (χ1v) is 9.53. The van der Waals surface area contributed by atoms with E-state index < -0.39 is 23.1 Å². The molecule has 1 heterocycles. The summed E-state index contributed by atoms with van der Waals surface area (Å²) < 4.78 is 0. The topological polar surface area (TPSA) is 128 Å². The van der Waals surface area contributed by atoms with Crippen molar-refractivity contribution in [1.29, 1.82) is 0 Å². The molecule has 1 aliphatic rings. The van der Waals surface area contributed by atoms with Crippen LogP contribution in [0.25, 0.3) is 11.1 Å². The van der Waals surface area contributed by atoms with Gasteiger partial charge < -0.3 is 15.5 Å². The van der Waals surface area contributed by atoms with Crippen LogP contribution >= 0.6 is 23.4 Å². The highest BCUT2D eigenvalue weighted by molar-refractivity contribution is 8.15. The second-order valence-electron chi connectivity index (χ2n) is 5.96. The number of nitrogens with zero attached hydrogens (tertiary/aromatic N) is 2. The Hall–Kier alpha value is -3.17. The van der Waals surface area contributed by atoms with Crippen molar-refractivity contribution in [3.05, 3.63) is 58.6 Å². The van der Waals surface area contributed by atoms with Gasteiger partial charge in [-0.3, -0.25) is 9.59 Å². The molecule has 0 aliphatic carbocycles. The lowest BCUT2D eigenvalue weighted by Gasteiger charge is -2.07. The van der Waals surface area contributed by atoms with Crippen LogP contribution in [0.2, 0.25) is 5.02 Å². The zero-order valence-electron chi connectivity index (χ0n) is 14.7. The summed E-state index contributed by atoms with van der Waals surface area (Å²) in [5.41, 5.74) is 2.03. The molecule has 0 aromatic heterocycles. The number of thioether (sulfide) groups is 1. The van der Waals surface area contributed by atoms with Crippen molar-refractivity contribution in [2.45, 2.75) is 11.7 Å². The molecule has 3 rings (SSSR count). The van der Waals surface area contributed by atoms with E-state index in [4.69, 9.17) is 16.7 Å². The molecule has 0 bridgehead atoms. The predicted molar refractivity (Wildman–Crippen MR) is 111 cm³/mol. The Kier molecular flexibility index (Phi) is 6.30. The van der Waals surface area contributed by atoms with Crippen LogP contribution in [0.15, 0.2) is 52.7 Å². The minimum Gasteiger partial charge on any atom is -0.481 e. The first kappa shape index (κ1) is 20.6. The molecule has 8 nitrogen and oxygen atoms in total. The van der Waals surface area contributed by atoms with Gasteiger partial charge in [0.25, 0.3) is 0 Å². The van der Waals surface area contributed by atoms with Gasteiger partial charge in [0.05, 0.1) is 18.2 Å². The summed E-state index contributed by atoms with van der Waals surface area (Å²) in [6.45, 7) is 0. The van der Waals surface area contributed by atoms with Crippen LogP contribution in [0.5, 0.6) is 0 Å². The molecule has 1 fully saturated rings. The van der Waals surface area contributed by atoms with Crippen LogP contribution in [0, 0.1) is 0 Å². The van der Waals surface area contributed by atoms with Gasteiger partial charge in [-0.15, -0.1) is 5.10 Å². The first-order valence-electron chi connectivity index (χ1n) is 8.27. The Balaban J connectivity index is 1.72. The van der Waals surface area contributed by atoms with E-state index >= 15 is 0 Å². The molecule has 1 unspecified atom stereocenters. The Labute approximate surface area is 174 Å². The third-order valence-electron chi connectivity index (χ3n) is 3.93. The molecule has 1 amide bonds. The fourth-order valence-electron chi connectivity index (χ4n) is 2.58. The summed E-state index contributed by atoms with van der Waals surface area (Å²) >= 11 is 7.00. The quantitative estimate of drug-likeness (QED) is 0.476. The van der Waals surface area contributed by atoms with Crippen molar-refractivity contribution >= 4 is 52.6 Å². The fourth-order valence-corrected chi connectivity index (χ4v) is 3.67. The number of aliphatic carboxylic acids is 1. The van der Waals surface area contributed by atoms with Crippen LogP contribution in [0.4, 0.5) is 0 Å². The van der Waals surface area contributed by atoms with Crippen LogP contribution in [-0.4, -0.2) is 44.7 Å². The number of carbonyl (C=O) groups excluding carboxylic acids is 1. The zero-order valence-corrected chi connectivity index (χ0v) is 16.3. The maximum atomic E-state index is 11.6. The maximum absolute atomic E-state index is 11.6. The Morgan fingerprint density at radius 3 is 2.55 bits per heavy atom. The summed E-state index contributed by atoms with van der Waals surface area (Å²) in [4.78, 5) is 33.8. The average molecular weight is 432 g/mol. The number of amidine groups is 1. The second-order valence-corrected chi connectivity index (χ2v) is 7.59. The number of aromatic carboxylic acids is 1. The summed E-state index contributed by atoms with van der Waals surface area (Å²) in [7, 11) is 0. The van der Waals surface area contributed by atoms with Gasteiger partial charge in [-0.1, -0.05) is 47.6 Å². The van der Waals surface area contributed by atoms with E-state index in [1.54, 1.807) is 30.3 Å². The van der Waals surface area contributed by atoms with Crippen LogP contribution in [0.1, 0.15) is 22.3 Å². The van der Waals surface area contributed by atoms with Gasteiger partial charge in [0.2, 0.25) is 5.91 Å².